The molecule has 0 aliphatic heterocycles. The van der Waals surface area contributed by atoms with Crippen molar-refractivity contribution in [1.29, 1.82) is 0 Å². The van der Waals surface area contributed by atoms with Gasteiger partial charge in [0.05, 0.1) is 5.69 Å². The van der Waals surface area contributed by atoms with Crippen molar-refractivity contribution in [3.05, 3.63) is 29.6 Å². The fourth-order valence-corrected chi connectivity index (χ4v) is 3.15. The van der Waals surface area contributed by atoms with Gasteiger partial charge < -0.3 is 10.6 Å². The molecule has 2 N–H and O–H groups in total. The highest BCUT2D eigenvalue weighted by atomic mass is 19.1. The lowest BCUT2D eigenvalue weighted by Gasteiger charge is -2.32. The van der Waals surface area contributed by atoms with E-state index in [4.69, 9.17) is 5.73 Å². The lowest BCUT2D eigenvalue weighted by molar-refractivity contribution is 0.516. The Labute approximate surface area is 128 Å². The Morgan fingerprint density at radius 2 is 1.90 bits per heavy atom. The fourth-order valence-electron chi connectivity index (χ4n) is 3.15. The molecule has 118 valence electrons. The van der Waals surface area contributed by atoms with Crippen LogP contribution < -0.4 is 10.6 Å². The third-order valence-corrected chi connectivity index (χ3v) is 4.52. The molecule has 1 aliphatic rings. The maximum absolute atomic E-state index is 14.5. The summed E-state index contributed by atoms with van der Waals surface area (Å²) in [5.41, 5.74) is 7.47. The number of halogens is 1. The van der Waals surface area contributed by atoms with E-state index in [9.17, 15) is 4.39 Å². The predicted octanol–water partition coefficient (Wildman–Crippen LogP) is 4.64. The summed E-state index contributed by atoms with van der Waals surface area (Å²) in [5, 5.41) is 0. The van der Waals surface area contributed by atoms with E-state index in [2.05, 4.69) is 18.7 Å². The minimum atomic E-state index is -0.125. The zero-order chi connectivity index (χ0) is 15.4. The van der Waals surface area contributed by atoms with Crippen LogP contribution in [0.2, 0.25) is 0 Å². The van der Waals surface area contributed by atoms with Gasteiger partial charge in [-0.15, -0.1) is 0 Å². The summed E-state index contributed by atoms with van der Waals surface area (Å²) in [6, 6.07) is 5.88. The third kappa shape index (κ3) is 4.19. The summed E-state index contributed by atoms with van der Waals surface area (Å²) in [6.45, 7) is 7.28. The van der Waals surface area contributed by atoms with Crippen molar-refractivity contribution in [2.24, 2.45) is 11.7 Å². The van der Waals surface area contributed by atoms with Crippen LogP contribution in [0.4, 0.5) is 10.1 Å². The zero-order valence-corrected chi connectivity index (χ0v) is 13.6. The van der Waals surface area contributed by atoms with Gasteiger partial charge in [-0.25, -0.2) is 4.39 Å². The number of rotatable bonds is 6. The van der Waals surface area contributed by atoms with Gasteiger partial charge in [0, 0.05) is 18.6 Å². The van der Waals surface area contributed by atoms with Gasteiger partial charge in [-0.3, -0.25) is 0 Å². The monoisotopic (exact) mass is 292 g/mol. The number of hydrogen-bond donors (Lipinski definition) is 1. The molecule has 1 saturated carbocycles. The lowest BCUT2D eigenvalue weighted by Crippen LogP contribution is -2.35. The molecule has 1 fully saturated rings. The molecule has 1 aliphatic carbocycles. The van der Waals surface area contributed by atoms with Gasteiger partial charge in [0.2, 0.25) is 0 Å². The van der Waals surface area contributed by atoms with E-state index in [0.717, 1.165) is 24.2 Å². The van der Waals surface area contributed by atoms with Gasteiger partial charge in [0.15, 0.2) is 0 Å². The fraction of sp³-hybridized carbons (Fsp3) is 0.667. The van der Waals surface area contributed by atoms with Crippen LogP contribution in [0.1, 0.15) is 64.5 Å². The first kappa shape index (κ1) is 16.3. The van der Waals surface area contributed by atoms with Gasteiger partial charge >= 0.3 is 0 Å². The van der Waals surface area contributed by atoms with Crippen molar-refractivity contribution >= 4 is 5.69 Å². The summed E-state index contributed by atoms with van der Waals surface area (Å²) in [5.74, 6) is 0.515. The molecule has 0 bridgehead atoms. The first-order chi connectivity index (χ1) is 9.99. The Morgan fingerprint density at radius 3 is 2.43 bits per heavy atom. The maximum Gasteiger partial charge on any atom is 0.146 e. The highest BCUT2D eigenvalue weighted by Crippen LogP contribution is 2.31. The average Bonchev–Trinajstić information content (AvgIpc) is 2.94. The zero-order valence-electron chi connectivity index (χ0n) is 13.6. The van der Waals surface area contributed by atoms with E-state index >= 15 is 0 Å². The van der Waals surface area contributed by atoms with Crippen LogP contribution in [0.5, 0.6) is 0 Å². The van der Waals surface area contributed by atoms with Crippen LogP contribution in [-0.2, 0) is 0 Å². The molecule has 21 heavy (non-hydrogen) atoms. The highest BCUT2D eigenvalue weighted by Gasteiger charge is 2.25. The standard InChI is InChI=1S/C18H29FN2/c1-13(2)10-11-21(16-6-4-5-7-16)18-9-8-15(14(3)20)12-17(18)19/h8-9,12-14,16H,4-7,10-11,20H2,1-3H3. The minimum absolute atomic E-state index is 0.121. The van der Waals surface area contributed by atoms with Crippen molar-refractivity contribution < 1.29 is 4.39 Å². The van der Waals surface area contributed by atoms with Crippen molar-refractivity contribution in [2.75, 3.05) is 11.4 Å². The van der Waals surface area contributed by atoms with Gasteiger partial charge in [-0.05, 0) is 49.8 Å². The molecular weight excluding hydrogens is 263 g/mol. The molecule has 1 aromatic rings. The average molecular weight is 292 g/mol. The molecule has 0 amide bonds. The molecule has 0 heterocycles. The second-order valence-corrected chi connectivity index (χ2v) is 6.81. The normalized spacial score (nSPS) is 17.4. The second kappa shape index (κ2) is 7.26. The summed E-state index contributed by atoms with van der Waals surface area (Å²) < 4.78 is 14.5. The molecule has 1 aromatic carbocycles. The number of hydrogen-bond acceptors (Lipinski definition) is 2. The van der Waals surface area contributed by atoms with Crippen molar-refractivity contribution in [2.45, 2.75) is 65.0 Å². The third-order valence-electron chi connectivity index (χ3n) is 4.52. The van der Waals surface area contributed by atoms with E-state index in [1.807, 2.05) is 19.1 Å². The van der Waals surface area contributed by atoms with Crippen molar-refractivity contribution in [3.8, 4) is 0 Å². The molecule has 2 nitrogen and oxygen atoms in total. The Kier molecular flexibility index (Phi) is 5.63. The van der Waals surface area contributed by atoms with Crippen LogP contribution >= 0.6 is 0 Å². The number of anilines is 1. The number of nitrogens with two attached hydrogens (primary N) is 1. The Bertz CT molecular complexity index is 451. The lowest BCUT2D eigenvalue weighted by atomic mass is 10.0. The molecular formula is C18H29FN2. The quantitative estimate of drug-likeness (QED) is 0.827. The van der Waals surface area contributed by atoms with Gasteiger partial charge in [-0.2, -0.15) is 0 Å². The van der Waals surface area contributed by atoms with E-state index in [-0.39, 0.29) is 11.9 Å². The van der Waals surface area contributed by atoms with Crippen LogP contribution in [0.3, 0.4) is 0 Å². The largest absolute Gasteiger partial charge is 0.366 e. The smallest absolute Gasteiger partial charge is 0.146 e. The molecule has 3 heteroatoms. The van der Waals surface area contributed by atoms with Crippen LogP contribution in [0.15, 0.2) is 18.2 Å². The Balaban J connectivity index is 2.22. The summed E-state index contributed by atoms with van der Waals surface area (Å²) in [4.78, 5) is 2.30. The van der Waals surface area contributed by atoms with E-state index in [0.29, 0.717) is 12.0 Å². The number of benzene rings is 1. The van der Waals surface area contributed by atoms with Crippen LogP contribution in [0.25, 0.3) is 0 Å². The predicted molar refractivity (Wildman–Crippen MR) is 88.1 cm³/mol. The Morgan fingerprint density at radius 1 is 1.24 bits per heavy atom. The first-order valence-corrected chi connectivity index (χ1v) is 8.30. The first-order valence-electron chi connectivity index (χ1n) is 8.30. The van der Waals surface area contributed by atoms with E-state index in [1.54, 1.807) is 6.07 Å². The van der Waals surface area contributed by atoms with Gasteiger partial charge in [0.1, 0.15) is 5.82 Å². The molecule has 2 rings (SSSR count). The number of nitrogens with zero attached hydrogens (tertiary/aromatic N) is 1. The van der Waals surface area contributed by atoms with E-state index in [1.165, 1.54) is 25.7 Å². The molecule has 0 aromatic heterocycles. The molecule has 0 spiro atoms. The Hall–Kier alpha value is -1.09. The molecule has 1 atom stereocenters. The minimum Gasteiger partial charge on any atom is -0.366 e. The maximum atomic E-state index is 14.5. The van der Waals surface area contributed by atoms with Crippen LogP contribution in [0, 0.1) is 11.7 Å². The van der Waals surface area contributed by atoms with E-state index < -0.39 is 0 Å². The van der Waals surface area contributed by atoms with Crippen LogP contribution in [-0.4, -0.2) is 12.6 Å². The van der Waals surface area contributed by atoms with Crippen molar-refractivity contribution in [3.63, 3.8) is 0 Å². The molecule has 1 unspecified atom stereocenters. The second-order valence-electron chi connectivity index (χ2n) is 6.81. The SMILES string of the molecule is CC(C)CCN(c1ccc(C(C)N)cc1F)C1CCCC1. The summed E-state index contributed by atoms with van der Waals surface area (Å²) in [6.07, 6.45) is 6.01. The topological polar surface area (TPSA) is 29.3 Å². The highest BCUT2D eigenvalue weighted by molar-refractivity contribution is 5.50. The molecule has 0 saturated heterocycles. The summed E-state index contributed by atoms with van der Waals surface area (Å²) in [7, 11) is 0. The van der Waals surface area contributed by atoms with Gasteiger partial charge in [-0.1, -0.05) is 32.8 Å². The van der Waals surface area contributed by atoms with Gasteiger partial charge in [0.25, 0.3) is 0 Å². The molecule has 0 radical (unpaired) electrons. The summed E-state index contributed by atoms with van der Waals surface area (Å²) >= 11 is 0. The van der Waals surface area contributed by atoms with Crippen molar-refractivity contribution in [1.82, 2.24) is 0 Å².